The molecule has 0 amide bonds. The molecule has 20 heavy (non-hydrogen) atoms. The summed E-state index contributed by atoms with van der Waals surface area (Å²) in [6.07, 6.45) is 3.51. The Morgan fingerprint density at radius 3 is 2.95 bits per heavy atom. The Hall–Kier alpha value is -2.41. The molecule has 2 rings (SSSR count). The molecular formula is C13H16N4O3. The van der Waals surface area contributed by atoms with Crippen molar-refractivity contribution in [1.29, 1.82) is 0 Å². The van der Waals surface area contributed by atoms with Crippen LogP contribution in [0.2, 0.25) is 0 Å². The summed E-state index contributed by atoms with van der Waals surface area (Å²) in [5.41, 5.74) is 1.46. The SMILES string of the molecule is COCCn1cc(Nc2ccc(C(=O)O)c(C)n2)cn1. The van der Waals surface area contributed by atoms with E-state index in [0.29, 0.717) is 24.7 Å². The van der Waals surface area contributed by atoms with Gasteiger partial charge in [0.15, 0.2) is 0 Å². The topological polar surface area (TPSA) is 89.3 Å². The molecule has 0 saturated heterocycles. The highest BCUT2D eigenvalue weighted by Gasteiger charge is 2.09. The number of aromatic nitrogens is 3. The zero-order valence-corrected chi connectivity index (χ0v) is 11.3. The summed E-state index contributed by atoms with van der Waals surface area (Å²) in [7, 11) is 1.64. The summed E-state index contributed by atoms with van der Waals surface area (Å²) in [6, 6.07) is 3.16. The molecule has 0 spiro atoms. The maximum Gasteiger partial charge on any atom is 0.337 e. The van der Waals surface area contributed by atoms with E-state index < -0.39 is 5.97 Å². The van der Waals surface area contributed by atoms with Crippen LogP contribution in [0.5, 0.6) is 0 Å². The Morgan fingerprint density at radius 1 is 1.50 bits per heavy atom. The molecule has 0 aliphatic heterocycles. The van der Waals surface area contributed by atoms with E-state index in [1.54, 1.807) is 31.0 Å². The molecule has 2 aromatic rings. The number of aryl methyl sites for hydroxylation is 1. The van der Waals surface area contributed by atoms with Gasteiger partial charge in [0.05, 0.1) is 36.3 Å². The Bertz CT molecular complexity index is 609. The molecule has 0 unspecified atom stereocenters. The largest absolute Gasteiger partial charge is 0.478 e. The lowest BCUT2D eigenvalue weighted by molar-refractivity contribution is 0.0695. The molecular weight excluding hydrogens is 260 g/mol. The first-order chi connectivity index (χ1) is 9.60. The van der Waals surface area contributed by atoms with E-state index in [4.69, 9.17) is 9.84 Å². The fourth-order valence-electron chi connectivity index (χ4n) is 1.74. The Kier molecular flexibility index (Phi) is 4.31. The Labute approximate surface area is 116 Å². The van der Waals surface area contributed by atoms with Crippen LogP contribution in [0.15, 0.2) is 24.5 Å². The summed E-state index contributed by atoms with van der Waals surface area (Å²) in [6.45, 7) is 2.92. The third kappa shape index (κ3) is 3.33. The fourth-order valence-corrected chi connectivity index (χ4v) is 1.74. The number of pyridine rings is 1. The van der Waals surface area contributed by atoms with Crippen LogP contribution >= 0.6 is 0 Å². The van der Waals surface area contributed by atoms with E-state index in [2.05, 4.69) is 15.4 Å². The average molecular weight is 276 g/mol. The Morgan fingerprint density at radius 2 is 2.30 bits per heavy atom. The third-order valence-corrected chi connectivity index (χ3v) is 2.75. The molecule has 0 radical (unpaired) electrons. The first-order valence-electron chi connectivity index (χ1n) is 6.09. The Balaban J connectivity index is 2.08. The minimum Gasteiger partial charge on any atom is -0.478 e. The number of carbonyl (C=O) groups is 1. The lowest BCUT2D eigenvalue weighted by Gasteiger charge is -2.05. The van der Waals surface area contributed by atoms with E-state index in [1.165, 1.54) is 6.07 Å². The molecule has 2 heterocycles. The van der Waals surface area contributed by atoms with Gasteiger partial charge in [-0.15, -0.1) is 0 Å². The number of carboxylic acids is 1. The highest BCUT2D eigenvalue weighted by atomic mass is 16.5. The van der Waals surface area contributed by atoms with Crippen molar-refractivity contribution < 1.29 is 14.6 Å². The zero-order chi connectivity index (χ0) is 14.5. The lowest BCUT2D eigenvalue weighted by atomic mass is 10.2. The molecule has 0 fully saturated rings. The van der Waals surface area contributed by atoms with Crippen LogP contribution < -0.4 is 5.32 Å². The second-order valence-corrected chi connectivity index (χ2v) is 4.24. The van der Waals surface area contributed by atoms with E-state index in [-0.39, 0.29) is 5.56 Å². The maximum atomic E-state index is 10.9. The number of ether oxygens (including phenoxy) is 1. The quantitative estimate of drug-likeness (QED) is 0.834. The summed E-state index contributed by atoms with van der Waals surface area (Å²) in [5, 5.41) is 16.2. The van der Waals surface area contributed by atoms with E-state index >= 15 is 0 Å². The van der Waals surface area contributed by atoms with Crippen molar-refractivity contribution in [2.24, 2.45) is 0 Å². The minimum absolute atomic E-state index is 0.200. The number of hydrogen-bond acceptors (Lipinski definition) is 5. The van der Waals surface area contributed by atoms with Crippen molar-refractivity contribution in [3.8, 4) is 0 Å². The highest BCUT2D eigenvalue weighted by Crippen LogP contribution is 2.16. The highest BCUT2D eigenvalue weighted by molar-refractivity contribution is 5.89. The van der Waals surface area contributed by atoms with Gasteiger partial charge in [0.1, 0.15) is 5.82 Å². The van der Waals surface area contributed by atoms with Crippen molar-refractivity contribution in [3.05, 3.63) is 35.8 Å². The molecule has 2 N–H and O–H groups in total. The molecule has 7 nitrogen and oxygen atoms in total. The van der Waals surface area contributed by atoms with Gasteiger partial charge in [-0.2, -0.15) is 5.10 Å². The normalized spacial score (nSPS) is 10.5. The summed E-state index contributed by atoms with van der Waals surface area (Å²) in [5.74, 6) is -0.396. The van der Waals surface area contributed by atoms with Gasteiger partial charge in [0.2, 0.25) is 0 Å². The van der Waals surface area contributed by atoms with E-state index in [0.717, 1.165) is 5.69 Å². The molecule has 0 saturated carbocycles. The number of nitrogens with zero attached hydrogens (tertiary/aromatic N) is 3. The molecule has 0 atom stereocenters. The van der Waals surface area contributed by atoms with Crippen molar-refractivity contribution in [2.45, 2.75) is 13.5 Å². The number of aromatic carboxylic acids is 1. The van der Waals surface area contributed by atoms with Crippen LogP contribution in [0.4, 0.5) is 11.5 Å². The van der Waals surface area contributed by atoms with Crippen LogP contribution in [-0.4, -0.2) is 39.6 Å². The summed E-state index contributed by atoms with van der Waals surface area (Å²) in [4.78, 5) is 15.1. The van der Waals surface area contributed by atoms with Crippen LogP contribution in [0.3, 0.4) is 0 Å². The molecule has 0 aliphatic carbocycles. The van der Waals surface area contributed by atoms with Crippen LogP contribution in [0, 0.1) is 6.92 Å². The van der Waals surface area contributed by atoms with Gasteiger partial charge in [-0.3, -0.25) is 4.68 Å². The first-order valence-corrected chi connectivity index (χ1v) is 6.09. The molecule has 7 heteroatoms. The predicted octanol–water partition coefficient (Wildman–Crippen LogP) is 1.67. The van der Waals surface area contributed by atoms with Crippen LogP contribution in [0.1, 0.15) is 16.1 Å². The second kappa shape index (κ2) is 6.16. The first kappa shape index (κ1) is 14.0. The second-order valence-electron chi connectivity index (χ2n) is 4.24. The van der Waals surface area contributed by atoms with E-state index in [1.807, 2.05) is 6.20 Å². The predicted molar refractivity (Wildman–Crippen MR) is 73.3 cm³/mol. The number of anilines is 2. The monoisotopic (exact) mass is 276 g/mol. The zero-order valence-electron chi connectivity index (χ0n) is 11.3. The van der Waals surface area contributed by atoms with Crippen LogP contribution in [-0.2, 0) is 11.3 Å². The third-order valence-electron chi connectivity index (χ3n) is 2.75. The van der Waals surface area contributed by atoms with E-state index in [9.17, 15) is 4.79 Å². The van der Waals surface area contributed by atoms with Gasteiger partial charge in [-0.25, -0.2) is 9.78 Å². The van der Waals surface area contributed by atoms with Gasteiger partial charge in [-0.1, -0.05) is 0 Å². The van der Waals surface area contributed by atoms with Gasteiger partial charge < -0.3 is 15.2 Å². The molecule has 0 aromatic carbocycles. The van der Waals surface area contributed by atoms with Gasteiger partial charge in [0, 0.05) is 13.3 Å². The van der Waals surface area contributed by atoms with Crippen molar-refractivity contribution in [2.75, 3.05) is 19.0 Å². The van der Waals surface area contributed by atoms with Crippen molar-refractivity contribution in [1.82, 2.24) is 14.8 Å². The number of nitrogens with one attached hydrogen (secondary N) is 1. The summed E-state index contributed by atoms with van der Waals surface area (Å²) < 4.78 is 6.73. The molecule has 106 valence electrons. The molecule has 0 bridgehead atoms. The number of rotatable bonds is 6. The van der Waals surface area contributed by atoms with Gasteiger partial charge >= 0.3 is 5.97 Å². The molecule has 2 aromatic heterocycles. The lowest BCUT2D eigenvalue weighted by Crippen LogP contribution is -2.04. The molecule has 0 aliphatic rings. The fraction of sp³-hybridized carbons (Fsp3) is 0.308. The van der Waals surface area contributed by atoms with Crippen LogP contribution in [0.25, 0.3) is 0 Å². The van der Waals surface area contributed by atoms with Crippen molar-refractivity contribution in [3.63, 3.8) is 0 Å². The number of methoxy groups -OCH3 is 1. The number of hydrogen-bond donors (Lipinski definition) is 2. The maximum absolute atomic E-state index is 10.9. The average Bonchev–Trinajstić information content (AvgIpc) is 2.83. The van der Waals surface area contributed by atoms with Crippen molar-refractivity contribution >= 4 is 17.5 Å². The smallest absolute Gasteiger partial charge is 0.337 e. The number of carboxylic acid groups (broad SMARTS) is 1. The standard InChI is InChI=1S/C13H16N4O3/c1-9-11(13(18)19)3-4-12(15-9)16-10-7-14-17(8-10)5-6-20-2/h3-4,7-8H,5-6H2,1-2H3,(H,15,16)(H,18,19). The van der Waals surface area contributed by atoms with Gasteiger partial charge in [-0.05, 0) is 19.1 Å². The van der Waals surface area contributed by atoms with Gasteiger partial charge in [0.25, 0.3) is 0 Å². The summed E-state index contributed by atoms with van der Waals surface area (Å²) >= 11 is 0. The minimum atomic E-state index is -0.978.